The molecule has 2 heterocycles. The van der Waals surface area contributed by atoms with Gasteiger partial charge in [-0.1, -0.05) is 19.3 Å². The molecule has 2 aliphatic heterocycles. The molecular formula is C16H31N3. The van der Waals surface area contributed by atoms with Gasteiger partial charge in [0.2, 0.25) is 0 Å². The van der Waals surface area contributed by atoms with Gasteiger partial charge in [-0.3, -0.25) is 9.80 Å². The van der Waals surface area contributed by atoms with Crippen molar-refractivity contribution in [1.82, 2.24) is 14.7 Å². The molecule has 0 aromatic heterocycles. The Morgan fingerprint density at radius 1 is 0.842 bits per heavy atom. The van der Waals surface area contributed by atoms with Gasteiger partial charge in [-0.05, 0) is 52.9 Å². The van der Waals surface area contributed by atoms with Crippen molar-refractivity contribution in [3.05, 3.63) is 0 Å². The minimum absolute atomic E-state index is 0.528. The third-order valence-electron chi connectivity index (χ3n) is 6.02. The van der Waals surface area contributed by atoms with E-state index in [9.17, 15) is 0 Å². The molecule has 0 N–H and O–H groups in total. The molecular weight excluding hydrogens is 234 g/mol. The van der Waals surface area contributed by atoms with Crippen molar-refractivity contribution in [2.45, 2.75) is 56.5 Å². The van der Waals surface area contributed by atoms with Crippen LogP contribution in [0.3, 0.4) is 0 Å². The molecule has 1 saturated carbocycles. The minimum atomic E-state index is 0.528. The SMILES string of the molecule is CN1CCC(N2CCN(C)C3(CCCCC3)C2)CC1. The standard InChI is InChI=1S/C16H31N3/c1-17-10-6-15(7-11-17)19-13-12-18(2)16(14-19)8-4-3-5-9-16/h15H,3-14H2,1-2H3. The molecule has 1 spiro atoms. The van der Waals surface area contributed by atoms with E-state index in [0.717, 1.165) is 6.04 Å². The Balaban J connectivity index is 1.64. The summed E-state index contributed by atoms with van der Waals surface area (Å²) in [5.74, 6) is 0. The lowest BCUT2D eigenvalue weighted by Crippen LogP contribution is -2.64. The molecule has 0 radical (unpaired) electrons. The van der Waals surface area contributed by atoms with Crippen LogP contribution < -0.4 is 0 Å². The van der Waals surface area contributed by atoms with Crippen LogP contribution in [0.4, 0.5) is 0 Å². The van der Waals surface area contributed by atoms with Crippen molar-refractivity contribution in [2.24, 2.45) is 0 Å². The third-order valence-corrected chi connectivity index (χ3v) is 6.02. The maximum atomic E-state index is 2.85. The summed E-state index contributed by atoms with van der Waals surface area (Å²) in [5, 5.41) is 0. The molecule has 0 aromatic rings. The predicted molar refractivity (Wildman–Crippen MR) is 80.5 cm³/mol. The van der Waals surface area contributed by atoms with Gasteiger partial charge in [-0.15, -0.1) is 0 Å². The highest BCUT2D eigenvalue weighted by atomic mass is 15.3. The molecule has 3 fully saturated rings. The van der Waals surface area contributed by atoms with E-state index in [4.69, 9.17) is 0 Å². The van der Waals surface area contributed by atoms with E-state index in [2.05, 4.69) is 28.8 Å². The van der Waals surface area contributed by atoms with Crippen molar-refractivity contribution < 1.29 is 0 Å². The molecule has 3 heteroatoms. The fourth-order valence-electron chi connectivity index (χ4n) is 4.51. The van der Waals surface area contributed by atoms with Crippen molar-refractivity contribution in [1.29, 1.82) is 0 Å². The molecule has 110 valence electrons. The lowest BCUT2D eigenvalue weighted by Gasteiger charge is -2.54. The number of hydrogen-bond donors (Lipinski definition) is 0. The van der Waals surface area contributed by atoms with E-state index in [1.54, 1.807) is 0 Å². The Morgan fingerprint density at radius 3 is 2.21 bits per heavy atom. The molecule has 0 atom stereocenters. The van der Waals surface area contributed by atoms with Crippen molar-refractivity contribution in [2.75, 3.05) is 46.8 Å². The number of nitrogens with zero attached hydrogens (tertiary/aromatic N) is 3. The van der Waals surface area contributed by atoms with E-state index < -0.39 is 0 Å². The number of likely N-dealkylation sites (N-methyl/N-ethyl adjacent to an activating group) is 1. The topological polar surface area (TPSA) is 9.72 Å². The fraction of sp³-hybridized carbons (Fsp3) is 1.00. The van der Waals surface area contributed by atoms with Gasteiger partial charge in [0.1, 0.15) is 0 Å². The molecule has 0 bridgehead atoms. The molecule has 0 unspecified atom stereocenters. The van der Waals surface area contributed by atoms with Crippen LogP contribution in [0.1, 0.15) is 44.9 Å². The van der Waals surface area contributed by atoms with Crippen LogP contribution in [-0.2, 0) is 0 Å². The van der Waals surface area contributed by atoms with E-state index in [-0.39, 0.29) is 0 Å². The molecule has 3 rings (SSSR count). The van der Waals surface area contributed by atoms with E-state index in [1.165, 1.54) is 77.7 Å². The van der Waals surface area contributed by atoms with Crippen LogP contribution in [0.5, 0.6) is 0 Å². The zero-order chi connectivity index (χ0) is 13.3. The second kappa shape index (κ2) is 5.71. The number of piperazine rings is 1. The van der Waals surface area contributed by atoms with E-state index in [0.29, 0.717) is 5.54 Å². The highest BCUT2D eigenvalue weighted by Gasteiger charge is 2.42. The summed E-state index contributed by atoms with van der Waals surface area (Å²) in [6, 6.07) is 0.865. The van der Waals surface area contributed by atoms with Gasteiger partial charge >= 0.3 is 0 Å². The second-order valence-corrected chi connectivity index (χ2v) is 7.21. The molecule has 2 saturated heterocycles. The molecule has 1 aliphatic carbocycles. The van der Waals surface area contributed by atoms with Gasteiger partial charge in [-0.25, -0.2) is 0 Å². The Kier molecular flexibility index (Phi) is 4.16. The van der Waals surface area contributed by atoms with E-state index in [1.807, 2.05) is 0 Å². The van der Waals surface area contributed by atoms with Gasteiger partial charge in [0.25, 0.3) is 0 Å². The molecule has 0 aromatic carbocycles. The lowest BCUT2D eigenvalue weighted by atomic mass is 9.78. The first-order chi connectivity index (χ1) is 9.20. The first-order valence-corrected chi connectivity index (χ1v) is 8.33. The van der Waals surface area contributed by atoms with Crippen molar-refractivity contribution in [3.8, 4) is 0 Å². The highest BCUT2D eigenvalue weighted by Crippen LogP contribution is 2.36. The summed E-state index contributed by atoms with van der Waals surface area (Å²) in [4.78, 5) is 8.03. The number of piperidine rings is 1. The molecule has 19 heavy (non-hydrogen) atoms. The van der Waals surface area contributed by atoms with Crippen LogP contribution in [0.25, 0.3) is 0 Å². The van der Waals surface area contributed by atoms with Gasteiger partial charge in [0.05, 0.1) is 0 Å². The fourth-order valence-corrected chi connectivity index (χ4v) is 4.51. The number of rotatable bonds is 1. The minimum Gasteiger partial charge on any atom is -0.306 e. The Morgan fingerprint density at radius 2 is 1.53 bits per heavy atom. The zero-order valence-corrected chi connectivity index (χ0v) is 12.9. The van der Waals surface area contributed by atoms with Crippen LogP contribution >= 0.6 is 0 Å². The van der Waals surface area contributed by atoms with Crippen molar-refractivity contribution >= 4 is 0 Å². The lowest BCUT2D eigenvalue weighted by molar-refractivity contribution is -0.0351. The van der Waals surface area contributed by atoms with Crippen LogP contribution in [0, 0.1) is 0 Å². The number of likely N-dealkylation sites (tertiary alicyclic amines) is 1. The average molecular weight is 265 g/mol. The maximum absolute atomic E-state index is 2.85. The smallest absolute Gasteiger partial charge is 0.0334 e. The van der Waals surface area contributed by atoms with Crippen LogP contribution in [-0.4, -0.2) is 73.1 Å². The normalized spacial score (nSPS) is 31.9. The van der Waals surface area contributed by atoms with E-state index >= 15 is 0 Å². The summed E-state index contributed by atoms with van der Waals surface area (Å²) in [5.41, 5.74) is 0.528. The first-order valence-electron chi connectivity index (χ1n) is 8.33. The Labute approximate surface area is 118 Å². The second-order valence-electron chi connectivity index (χ2n) is 7.21. The molecule has 3 aliphatic rings. The Bertz CT molecular complexity index is 290. The summed E-state index contributed by atoms with van der Waals surface area (Å²) in [7, 11) is 4.64. The first kappa shape index (κ1) is 13.8. The van der Waals surface area contributed by atoms with Gasteiger partial charge in [-0.2, -0.15) is 0 Å². The zero-order valence-electron chi connectivity index (χ0n) is 12.9. The molecule has 3 nitrogen and oxygen atoms in total. The monoisotopic (exact) mass is 265 g/mol. The van der Waals surface area contributed by atoms with Gasteiger partial charge in [0, 0.05) is 31.2 Å². The quantitative estimate of drug-likeness (QED) is 0.718. The van der Waals surface area contributed by atoms with Crippen molar-refractivity contribution in [3.63, 3.8) is 0 Å². The predicted octanol–water partition coefficient (Wildman–Crippen LogP) is 2.03. The Hall–Kier alpha value is -0.120. The highest BCUT2D eigenvalue weighted by molar-refractivity contribution is 4.99. The van der Waals surface area contributed by atoms with Crippen LogP contribution in [0.2, 0.25) is 0 Å². The third kappa shape index (κ3) is 2.84. The molecule has 0 amide bonds. The van der Waals surface area contributed by atoms with Gasteiger partial charge < -0.3 is 4.90 Å². The number of hydrogen-bond acceptors (Lipinski definition) is 3. The maximum Gasteiger partial charge on any atom is 0.0334 e. The summed E-state index contributed by atoms with van der Waals surface area (Å²) < 4.78 is 0. The summed E-state index contributed by atoms with van der Waals surface area (Å²) in [6.45, 7) is 6.52. The average Bonchev–Trinajstić information content (AvgIpc) is 2.44. The largest absolute Gasteiger partial charge is 0.306 e. The summed E-state index contributed by atoms with van der Waals surface area (Å²) in [6.07, 6.45) is 10.0. The van der Waals surface area contributed by atoms with Crippen LogP contribution in [0.15, 0.2) is 0 Å². The summed E-state index contributed by atoms with van der Waals surface area (Å²) >= 11 is 0. The van der Waals surface area contributed by atoms with Gasteiger partial charge in [0.15, 0.2) is 0 Å².